The number of benzene rings is 1. The number of carbonyl (C=O) groups excluding carboxylic acids is 1. The van der Waals surface area contributed by atoms with Crippen LogP contribution in [0.3, 0.4) is 0 Å². The summed E-state index contributed by atoms with van der Waals surface area (Å²) in [5.74, 6) is 1.91. The summed E-state index contributed by atoms with van der Waals surface area (Å²) in [5, 5.41) is 7.09. The molecule has 1 aromatic rings. The number of nitrogens with one attached hydrogen (secondary N) is 2. The molecule has 1 aromatic carbocycles. The van der Waals surface area contributed by atoms with Crippen molar-refractivity contribution in [3.8, 4) is 0 Å². The minimum Gasteiger partial charge on any atom is -0.348 e. The molecule has 1 saturated carbocycles. The summed E-state index contributed by atoms with van der Waals surface area (Å²) in [6.45, 7) is 1.38. The maximum absolute atomic E-state index is 12.0. The van der Waals surface area contributed by atoms with Gasteiger partial charge in [-0.1, -0.05) is 11.6 Å². The van der Waals surface area contributed by atoms with Crippen LogP contribution in [0.1, 0.15) is 30.9 Å². The number of amides is 1. The van der Waals surface area contributed by atoms with E-state index in [0.29, 0.717) is 6.54 Å². The molecule has 3 nitrogen and oxygen atoms in total. The standard InChI is InChI=1S/C15H19ClN2OS.ClH/c16-11-3-4-14-12(7-11)13(5-6-20-14)18-15(19)9-17-8-10-1-2-10;/h3-4,7,10,13,17H,1-2,5-6,8-9H2,(H,18,19);1H. The Hall–Kier alpha value is -0.420. The fourth-order valence-corrected chi connectivity index (χ4v) is 3.76. The first-order valence-electron chi connectivity index (χ1n) is 7.14. The summed E-state index contributed by atoms with van der Waals surface area (Å²) in [4.78, 5) is 13.2. The zero-order valence-corrected chi connectivity index (χ0v) is 14.1. The highest BCUT2D eigenvalue weighted by molar-refractivity contribution is 7.99. The van der Waals surface area contributed by atoms with Crippen LogP contribution >= 0.6 is 35.8 Å². The molecular weight excluding hydrogens is 327 g/mol. The van der Waals surface area contributed by atoms with Crippen LogP contribution in [-0.2, 0) is 4.79 Å². The van der Waals surface area contributed by atoms with Gasteiger partial charge in [0, 0.05) is 15.7 Å². The van der Waals surface area contributed by atoms with Crippen molar-refractivity contribution in [3.05, 3.63) is 28.8 Å². The van der Waals surface area contributed by atoms with Crippen LogP contribution in [-0.4, -0.2) is 24.7 Å². The molecule has 21 heavy (non-hydrogen) atoms. The topological polar surface area (TPSA) is 41.1 Å². The highest BCUT2D eigenvalue weighted by Gasteiger charge is 2.23. The van der Waals surface area contributed by atoms with E-state index in [1.807, 2.05) is 30.0 Å². The van der Waals surface area contributed by atoms with Gasteiger partial charge in [0.05, 0.1) is 12.6 Å². The minimum atomic E-state index is 0. The van der Waals surface area contributed by atoms with Crippen molar-refractivity contribution in [1.82, 2.24) is 10.6 Å². The Morgan fingerprint density at radius 2 is 2.14 bits per heavy atom. The van der Waals surface area contributed by atoms with Crippen LogP contribution in [0.2, 0.25) is 5.02 Å². The van der Waals surface area contributed by atoms with Gasteiger partial charge >= 0.3 is 0 Å². The lowest BCUT2D eigenvalue weighted by Gasteiger charge is -2.26. The molecule has 3 rings (SSSR count). The van der Waals surface area contributed by atoms with E-state index >= 15 is 0 Å². The third-order valence-corrected chi connectivity index (χ3v) is 5.12. The van der Waals surface area contributed by atoms with Gasteiger partial charge in [0.15, 0.2) is 0 Å². The Labute approximate surface area is 141 Å². The highest BCUT2D eigenvalue weighted by Crippen LogP contribution is 2.37. The molecule has 0 saturated heterocycles. The molecule has 1 atom stereocenters. The van der Waals surface area contributed by atoms with E-state index < -0.39 is 0 Å². The van der Waals surface area contributed by atoms with Gasteiger partial charge < -0.3 is 10.6 Å². The van der Waals surface area contributed by atoms with Crippen molar-refractivity contribution >= 4 is 41.7 Å². The van der Waals surface area contributed by atoms with E-state index in [1.165, 1.54) is 17.7 Å². The summed E-state index contributed by atoms with van der Waals surface area (Å²) < 4.78 is 0. The number of fused-ring (bicyclic) bond motifs is 1. The maximum Gasteiger partial charge on any atom is 0.234 e. The van der Waals surface area contributed by atoms with Gasteiger partial charge in [-0.3, -0.25) is 4.79 Å². The summed E-state index contributed by atoms with van der Waals surface area (Å²) in [6.07, 6.45) is 3.58. The van der Waals surface area contributed by atoms with Crippen molar-refractivity contribution in [1.29, 1.82) is 0 Å². The van der Waals surface area contributed by atoms with Gasteiger partial charge in [-0.25, -0.2) is 0 Å². The Balaban J connectivity index is 0.00000161. The molecule has 2 aliphatic rings. The van der Waals surface area contributed by atoms with E-state index in [2.05, 4.69) is 10.6 Å². The van der Waals surface area contributed by atoms with Gasteiger partial charge in [0.1, 0.15) is 0 Å². The Bertz CT molecular complexity index is 508. The smallest absolute Gasteiger partial charge is 0.234 e. The summed E-state index contributed by atoms with van der Waals surface area (Å²) in [6, 6.07) is 6.03. The van der Waals surface area contributed by atoms with E-state index in [9.17, 15) is 4.79 Å². The van der Waals surface area contributed by atoms with Crippen LogP contribution in [0.4, 0.5) is 0 Å². The van der Waals surface area contributed by atoms with E-state index in [4.69, 9.17) is 11.6 Å². The number of carbonyl (C=O) groups is 1. The molecule has 0 aromatic heterocycles. The molecule has 1 aliphatic heterocycles. The predicted molar refractivity (Wildman–Crippen MR) is 90.5 cm³/mol. The molecule has 1 heterocycles. The summed E-state index contributed by atoms with van der Waals surface area (Å²) in [5.41, 5.74) is 1.16. The number of rotatable bonds is 5. The van der Waals surface area contributed by atoms with Gasteiger partial charge in [0.25, 0.3) is 0 Å². The second-order valence-electron chi connectivity index (χ2n) is 5.51. The van der Waals surface area contributed by atoms with Gasteiger partial charge in [-0.15, -0.1) is 24.2 Å². The van der Waals surface area contributed by atoms with Crippen molar-refractivity contribution in [2.24, 2.45) is 5.92 Å². The molecule has 1 fully saturated rings. The first-order chi connectivity index (χ1) is 9.72. The fourth-order valence-electron chi connectivity index (χ4n) is 2.47. The van der Waals surface area contributed by atoms with E-state index in [-0.39, 0.29) is 24.4 Å². The summed E-state index contributed by atoms with van der Waals surface area (Å²) >= 11 is 7.90. The predicted octanol–water partition coefficient (Wildman–Crippen LogP) is 3.41. The van der Waals surface area contributed by atoms with Gasteiger partial charge in [-0.05, 0) is 55.5 Å². The molecule has 1 aliphatic carbocycles. The lowest BCUT2D eigenvalue weighted by molar-refractivity contribution is -0.121. The minimum absolute atomic E-state index is 0. The van der Waals surface area contributed by atoms with E-state index in [0.717, 1.165) is 35.2 Å². The zero-order chi connectivity index (χ0) is 13.9. The molecule has 1 unspecified atom stereocenters. The molecule has 0 radical (unpaired) electrons. The average molecular weight is 347 g/mol. The lowest BCUT2D eigenvalue weighted by atomic mass is 10.0. The Morgan fingerprint density at radius 1 is 1.33 bits per heavy atom. The van der Waals surface area contributed by atoms with Gasteiger partial charge in [-0.2, -0.15) is 0 Å². The first-order valence-corrected chi connectivity index (χ1v) is 8.51. The van der Waals surface area contributed by atoms with Crippen LogP contribution in [0, 0.1) is 5.92 Å². The molecule has 6 heteroatoms. The van der Waals surface area contributed by atoms with Crippen LogP contribution in [0.5, 0.6) is 0 Å². The number of hydrogen-bond acceptors (Lipinski definition) is 3. The maximum atomic E-state index is 12.0. The van der Waals surface area contributed by atoms with Crippen molar-refractivity contribution in [3.63, 3.8) is 0 Å². The van der Waals surface area contributed by atoms with Crippen LogP contribution in [0.25, 0.3) is 0 Å². The van der Waals surface area contributed by atoms with Crippen molar-refractivity contribution in [2.45, 2.75) is 30.2 Å². The molecule has 1 amide bonds. The van der Waals surface area contributed by atoms with Crippen molar-refractivity contribution < 1.29 is 4.79 Å². The second kappa shape index (κ2) is 7.73. The third kappa shape index (κ3) is 4.78. The third-order valence-electron chi connectivity index (χ3n) is 3.76. The van der Waals surface area contributed by atoms with Crippen molar-refractivity contribution in [2.75, 3.05) is 18.8 Å². The zero-order valence-electron chi connectivity index (χ0n) is 11.7. The molecule has 116 valence electrons. The highest BCUT2D eigenvalue weighted by atomic mass is 35.5. The average Bonchev–Trinajstić information content (AvgIpc) is 3.24. The number of thioether (sulfide) groups is 1. The Morgan fingerprint density at radius 3 is 2.90 bits per heavy atom. The van der Waals surface area contributed by atoms with Crippen LogP contribution < -0.4 is 10.6 Å². The fraction of sp³-hybridized carbons (Fsp3) is 0.533. The van der Waals surface area contributed by atoms with Crippen LogP contribution in [0.15, 0.2) is 23.1 Å². The monoisotopic (exact) mass is 346 g/mol. The molecule has 2 N–H and O–H groups in total. The number of halogens is 2. The lowest BCUT2D eigenvalue weighted by Crippen LogP contribution is -2.37. The first kappa shape index (κ1) is 16.9. The molecular formula is C15H20Cl2N2OS. The second-order valence-corrected chi connectivity index (χ2v) is 7.09. The summed E-state index contributed by atoms with van der Waals surface area (Å²) in [7, 11) is 0. The van der Waals surface area contributed by atoms with E-state index in [1.54, 1.807) is 0 Å². The normalized spacial score (nSPS) is 20.3. The SMILES string of the molecule is Cl.O=C(CNCC1CC1)NC1CCSc2ccc(Cl)cc21. The largest absolute Gasteiger partial charge is 0.348 e. The van der Waals surface area contributed by atoms with Gasteiger partial charge in [0.2, 0.25) is 5.91 Å². The number of hydrogen-bond donors (Lipinski definition) is 2. The molecule has 0 spiro atoms. The molecule has 0 bridgehead atoms. The quantitative estimate of drug-likeness (QED) is 0.858. The Kier molecular flexibility index (Phi) is 6.23.